The molecule has 0 unspecified atom stereocenters. The Kier molecular flexibility index (Phi) is 6.09. The maximum Gasteiger partial charge on any atom is 0.255 e. The number of carbonyl (C=O) groups is 1. The Morgan fingerprint density at radius 1 is 0.919 bits per heavy atom. The SMILES string of the molecule is O=C1N(CCS(=O)(=O)c2ccccc2)Cc2ccccc2[C@@H]2OC(c3ccccc3)=N[C@]12CC1COC1. The van der Waals surface area contributed by atoms with Crippen LogP contribution in [0.3, 0.4) is 0 Å². The quantitative estimate of drug-likeness (QED) is 0.477. The lowest BCUT2D eigenvalue weighted by Crippen LogP contribution is -2.52. The van der Waals surface area contributed by atoms with Crippen LogP contribution >= 0.6 is 0 Å². The maximum absolute atomic E-state index is 14.4. The van der Waals surface area contributed by atoms with Gasteiger partial charge in [0.2, 0.25) is 5.90 Å². The van der Waals surface area contributed by atoms with Gasteiger partial charge in [-0.25, -0.2) is 13.4 Å². The molecule has 3 aliphatic heterocycles. The summed E-state index contributed by atoms with van der Waals surface area (Å²) in [5.74, 6) is 0.241. The largest absolute Gasteiger partial charge is 0.466 e. The summed E-state index contributed by atoms with van der Waals surface area (Å²) in [5, 5.41) is 0. The molecule has 3 heterocycles. The summed E-state index contributed by atoms with van der Waals surface area (Å²) in [4.78, 5) is 21.4. The number of aliphatic imine (C=N–C) groups is 1. The fourth-order valence-corrected chi connectivity index (χ4v) is 6.66. The van der Waals surface area contributed by atoms with Crippen LogP contribution in [0.5, 0.6) is 0 Å². The van der Waals surface area contributed by atoms with E-state index in [1.807, 2.05) is 54.6 Å². The summed E-state index contributed by atoms with van der Waals surface area (Å²) in [6.45, 7) is 1.51. The lowest BCUT2D eigenvalue weighted by atomic mass is 9.79. The molecule has 0 bridgehead atoms. The third-order valence-corrected chi connectivity index (χ3v) is 9.09. The first-order chi connectivity index (χ1) is 18.0. The van der Waals surface area contributed by atoms with Crippen molar-refractivity contribution in [1.82, 2.24) is 4.90 Å². The molecule has 1 saturated heterocycles. The van der Waals surface area contributed by atoms with Crippen molar-refractivity contribution in [2.45, 2.75) is 29.5 Å². The van der Waals surface area contributed by atoms with E-state index in [1.54, 1.807) is 35.2 Å². The third kappa shape index (κ3) is 4.34. The van der Waals surface area contributed by atoms with E-state index in [0.29, 0.717) is 32.1 Å². The van der Waals surface area contributed by atoms with Crippen LogP contribution in [-0.4, -0.2) is 56.2 Å². The van der Waals surface area contributed by atoms with Gasteiger partial charge in [0.1, 0.15) is 0 Å². The molecule has 2 atom stereocenters. The van der Waals surface area contributed by atoms with E-state index >= 15 is 0 Å². The summed E-state index contributed by atoms with van der Waals surface area (Å²) >= 11 is 0. The summed E-state index contributed by atoms with van der Waals surface area (Å²) in [7, 11) is -3.57. The first-order valence-corrected chi connectivity index (χ1v) is 14.2. The van der Waals surface area contributed by atoms with Crippen molar-refractivity contribution in [3.63, 3.8) is 0 Å². The Hall–Kier alpha value is -3.49. The molecule has 1 amide bonds. The second-order valence-electron chi connectivity index (χ2n) is 9.87. The van der Waals surface area contributed by atoms with Gasteiger partial charge in [0.25, 0.3) is 5.91 Å². The molecule has 0 spiro atoms. The number of ether oxygens (including phenoxy) is 2. The van der Waals surface area contributed by atoms with E-state index in [9.17, 15) is 13.2 Å². The lowest BCUT2D eigenvalue weighted by molar-refractivity contribution is -0.142. The molecule has 0 N–H and O–H groups in total. The average Bonchev–Trinajstić information content (AvgIpc) is 3.26. The second-order valence-corrected chi connectivity index (χ2v) is 12.0. The van der Waals surface area contributed by atoms with Gasteiger partial charge in [0, 0.05) is 30.1 Å². The molecule has 3 aliphatic rings. The van der Waals surface area contributed by atoms with Crippen LogP contribution in [0.15, 0.2) is 94.8 Å². The van der Waals surface area contributed by atoms with Gasteiger partial charge in [-0.3, -0.25) is 4.79 Å². The summed E-state index contributed by atoms with van der Waals surface area (Å²) in [5.41, 5.74) is 1.47. The highest BCUT2D eigenvalue weighted by Gasteiger charge is 2.58. The predicted molar refractivity (Wildman–Crippen MR) is 139 cm³/mol. The molecular formula is C29H28N2O5S. The van der Waals surface area contributed by atoms with Crippen LogP contribution < -0.4 is 0 Å². The summed E-state index contributed by atoms with van der Waals surface area (Å²) < 4.78 is 38.1. The number of rotatable bonds is 7. The summed E-state index contributed by atoms with van der Waals surface area (Å²) in [6.07, 6.45) is -0.119. The van der Waals surface area contributed by atoms with Crippen molar-refractivity contribution in [1.29, 1.82) is 0 Å². The minimum Gasteiger partial charge on any atom is -0.466 e. The molecular weight excluding hydrogens is 488 g/mol. The Labute approximate surface area is 216 Å². The predicted octanol–water partition coefficient (Wildman–Crippen LogP) is 3.80. The topological polar surface area (TPSA) is 85.3 Å². The molecule has 8 heteroatoms. The van der Waals surface area contributed by atoms with E-state index in [1.165, 1.54) is 0 Å². The molecule has 0 aromatic heterocycles. The number of sulfone groups is 1. The van der Waals surface area contributed by atoms with Crippen molar-refractivity contribution in [3.05, 3.63) is 102 Å². The van der Waals surface area contributed by atoms with Gasteiger partial charge in [-0.05, 0) is 36.2 Å². The van der Waals surface area contributed by atoms with Crippen LogP contribution in [0.1, 0.15) is 29.2 Å². The van der Waals surface area contributed by atoms with Crippen LogP contribution in [0, 0.1) is 5.92 Å². The first kappa shape index (κ1) is 23.9. The van der Waals surface area contributed by atoms with E-state index in [2.05, 4.69) is 0 Å². The monoisotopic (exact) mass is 516 g/mol. The zero-order valence-corrected chi connectivity index (χ0v) is 21.1. The number of nitrogens with zero attached hydrogens (tertiary/aromatic N) is 2. The van der Waals surface area contributed by atoms with Crippen molar-refractivity contribution >= 4 is 21.6 Å². The fourth-order valence-electron chi connectivity index (χ4n) is 5.39. The van der Waals surface area contributed by atoms with E-state index < -0.39 is 21.5 Å². The van der Waals surface area contributed by atoms with Crippen molar-refractivity contribution < 1.29 is 22.7 Å². The van der Waals surface area contributed by atoms with Crippen molar-refractivity contribution in [2.24, 2.45) is 10.9 Å². The molecule has 0 saturated carbocycles. The van der Waals surface area contributed by atoms with Crippen LogP contribution in [0.2, 0.25) is 0 Å². The van der Waals surface area contributed by atoms with E-state index in [4.69, 9.17) is 14.5 Å². The number of fused-ring (bicyclic) bond motifs is 3. The van der Waals surface area contributed by atoms with Gasteiger partial charge >= 0.3 is 0 Å². The highest BCUT2D eigenvalue weighted by atomic mass is 32.2. The Morgan fingerprint density at radius 3 is 2.30 bits per heavy atom. The van der Waals surface area contributed by atoms with Crippen LogP contribution in [0.25, 0.3) is 0 Å². The zero-order chi connectivity index (χ0) is 25.5. The smallest absolute Gasteiger partial charge is 0.255 e. The van der Waals surface area contributed by atoms with E-state index in [0.717, 1.165) is 16.7 Å². The highest BCUT2D eigenvalue weighted by Crippen LogP contribution is 2.48. The van der Waals surface area contributed by atoms with Crippen LogP contribution in [0.4, 0.5) is 0 Å². The molecule has 6 rings (SSSR count). The zero-order valence-electron chi connectivity index (χ0n) is 20.3. The number of carbonyl (C=O) groups excluding carboxylic acids is 1. The third-order valence-electron chi connectivity index (χ3n) is 7.38. The number of benzene rings is 3. The minimum absolute atomic E-state index is 0.0657. The molecule has 190 valence electrons. The average molecular weight is 517 g/mol. The number of amides is 1. The Morgan fingerprint density at radius 2 is 1.59 bits per heavy atom. The van der Waals surface area contributed by atoms with Gasteiger partial charge < -0.3 is 14.4 Å². The Bertz CT molecular complexity index is 1440. The summed E-state index contributed by atoms with van der Waals surface area (Å²) in [6, 6.07) is 25.8. The van der Waals surface area contributed by atoms with E-state index in [-0.39, 0.29) is 29.0 Å². The van der Waals surface area contributed by atoms with Gasteiger partial charge in [0.15, 0.2) is 21.5 Å². The van der Waals surface area contributed by atoms with Crippen LogP contribution in [-0.2, 0) is 30.7 Å². The van der Waals surface area contributed by atoms with Crippen molar-refractivity contribution in [2.75, 3.05) is 25.5 Å². The fraction of sp³-hybridized carbons (Fsp3) is 0.310. The highest BCUT2D eigenvalue weighted by molar-refractivity contribution is 7.91. The molecule has 0 aliphatic carbocycles. The molecule has 1 fully saturated rings. The molecule has 37 heavy (non-hydrogen) atoms. The second kappa shape index (κ2) is 9.43. The first-order valence-electron chi connectivity index (χ1n) is 12.5. The molecule has 3 aromatic rings. The minimum atomic E-state index is -3.57. The Balaban J connectivity index is 1.41. The molecule has 3 aromatic carbocycles. The maximum atomic E-state index is 14.4. The lowest BCUT2D eigenvalue weighted by Gasteiger charge is -2.37. The van der Waals surface area contributed by atoms with Gasteiger partial charge in [-0.15, -0.1) is 0 Å². The molecule has 7 nitrogen and oxygen atoms in total. The number of hydrogen-bond donors (Lipinski definition) is 0. The standard InChI is InChI=1S/C29H28N2O5S/c32-28-29(17-21-19-35-20-21)26(36-27(30-29)22-9-3-1-4-10-22)25-14-8-7-11-23(25)18-31(28)15-16-37(33,34)24-12-5-2-6-13-24/h1-14,21,26H,15-20H2/t26-,29-/m0/s1. The van der Waals surface area contributed by atoms with Crippen molar-refractivity contribution in [3.8, 4) is 0 Å². The van der Waals surface area contributed by atoms with Gasteiger partial charge in [-0.1, -0.05) is 60.7 Å². The normalized spacial score (nSPS) is 23.4. The molecule has 0 radical (unpaired) electrons. The number of hydrogen-bond acceptors (Lipinski definition) is 6. The van der Waals surface area contributed by atoms with Gasteiger partial charge in [0.05, 0.1) is 23.9 Å². The van der Waals surface area contributed by atoms with Gasteiger partial charge in [-0.2, -0.15) is 0 Å².